The van der Waals surface area contributed by atoms with E-state index in [-0.39, 0.29) is 30.9 Å². The molecule has 1 aromatic carbocycles. The number of alkyl halides is 5. The fourth-order valence-electron chi connectivity index (χ4n) is 4.03. The van der Waals surface area contributed by atoms with Gasteiger partial charge in [0.25, 0.3) is 5.92 Å². The van der Waals surface area contributed by atoms with Crippen LogP contribution in [0.2, 0.25) is 0 Å². The van der Waals surface area contributed by atoms with E-state index in [0.717, 1.165) is 11.3 Å². The molecule has 4 rings (SSSR count). The van der Waals surface area contributed by atoms with E-state index in [1.807, 2.05) is 0 Å². The highest BCUT2D eigenvalue weighted by Crippen LogP contribution is 2.36. The van der Waals surface area contributed by atoms with Crippen molar-refractivity contribution in [3.8, 4) is 5.69 Å². The molecule has 0 N–H and O–H groups in total. The minimum absolute atomic E-state index is 0.0264. The third kappa shape index (κ3) is 4.00. The SMILES string of the molecule is O=C(Cc1ccc(-n2nc(C(F)(F)F)c3c2CCCC3)cc1)N1CCC(F)(F)C1. The zero-order valence-corrected chi connectivity index (χ0v) is 15.6. The Hall–Kier alpha value is -2.45. The summed E-state index contributed by atoms with van der Waals surface area (Å²) in [7, 11) is 0. The second-order valence-corrected chi connectivity index (χ2v) is 7.65. The lowest BCUT2D eigenvalue weighted by atomic mass is 9.95. The average Bonchev–Trinajstić information content (AvgIpc) is 3.23. The molecule has 0 radical (unpaired) electrons. The molecule has 1 fully saturated rings. The van der Waals surface area contributed by atoms with Crippen LogP contribution in [0.5, 0.6) is 0 Å². The number of nitrogens with zero attached hydrogens (tertiary/aromatic N) is 3. The Morgan fingerprint density at radius 2 is 1.79 bits per heavy atom. The predicted octanol–water partition coefficient (Wildman–Crippen LogP) is 4.18. The molecule has 2 aromatic rings. The summed E-state index contributed by atoms with van der Waals surface area (Å²) in [5.41, 5.74) is 1.11. The maximum Gasteiger partial charge on any atom is 0.435 e. The minimum atomic E-state index is -4.50. The van der Waals surface area contributed by atoms with E-state index in [0.29, 0.717) is 36.2 Å². The van der Waals surface area contributed by atoms with Crippen LogP contribution in [0, 0.1) is 0 Å². The molecule has 156 valence electrons. The van der Waals surface area contributed by atoms with Crippen LogP contribution in [-0.4, -0.2) is 39.6 Å². The van der Waals surface area contributed by atoms with E-state index in [9.17, 15) is 26.7 Å². The number of hydrogen-bond acceptors (Lipinski definition) is 2. The molecular weight excluding hydrogens is 393 g/mol. The van der Waals surface area contributed by atoms with Gasteiger partial charge in [-0.25, -0.2) is 13.5 Å². The molecule has 1 saturated heterocycles. The Balaban J connectivity index is 1.54. The third-order valence-electron chi connectivity index (χ3n) is 5.51. The van der Waals surface area contributed by atoms with Gasteiger partial charge in [0.05, 0.1) is 18.7 Å². The predicted molar refractivity (Wildman–Crippen MR) is 95.1 cm³/mol. The van der Waals surface area contributed by atoms with Gasteiger partial charge in [0.15, 0.2) is 5.69 Å². The standard InChI is InChI=1S/C20H20F5N3O/c21-19(22)9-10-27(12-19)17(29)11-13-5-7-14(8-6-13)28-16-4-2-1-3-15(16)18(26-28)20(23,24)25/h5-8H,1-4,9-12H2. The van der Waals surface area contributed by atoms with Crippen molar-refractivity contribution < 1.29 is 26.7 Å². The number of aromatic nitrogens is 2. The van der Waals surface area contributed by atoms with Crippen LogP contribution in [0.25, 0.3) is 5.69 Å². The van der Waals surface area contributed by atoms with E-state index < -0.39 is 24.3 Å². The molecule has 4 nitrogen and oxygen atoms in total. The van der Waals surface area contributed by atoms with Crippen molar-refractivity contribution in [2.75, 3.05) is 13.1 Å². The smallest absolute Gasteiger partial charge is 0.336 e. The summed E-state index contributed by atoms with van der Waals surface area (Å²) in [6.07, 6.45) is -2.46. The molecule has 0 spiro atoms. The monoisotopic (exact) mass is 413 g/mol. The van der Waals surface area contributed by atoms with Crippen LogP contribution in [0.3, 0.4) is 0 Å². The number of amides is 1. The van der Waals surface area contributed by atoms with E-state index in [1.54, 1.807) is 24.3 Å². The summed E-state index contributed by atoms with van der Waals surface area (Å²) in [5.74, 6) is -3.22. The first-order chi connectivity index (χ1) is 13.6. The highest BCUT2D eigenvalue weighted by Gasteiger charge is 2.41. The maximum atomic E-state index is 13.3. The molecule has 0 bridgehead atoms. The Labute approximate surface area is 164 Å². The number of fused-ring (bicyclic) bond motifs is 1. The maximum absolute atomic E-state index is 13.3. The topological polar surface area (TPSA) is 38.1 Å². The van der Waals surface area contributed by atoms with Crippen LogP contribution >= 0.6 is 0 Å². The Kier molecular flexibility index (Phi) is 4.86. The summed E-state index contributed by atoms with van der Waals surface area (Å²) in [6, 6.07) is 6.49. The Morgan fingerprint density at radius 1 is 1.10 bits per heavy atom. The number of rotatable bonds is 3. The lowest BCUT2D eigenvalue weighted by molar-refractivity contribution is -0.142. The summed E-state index contributed by atoms with van der Waals surface area (Å²) in [6.45, 7) is -0.535. The molecule has 1 aliphatic carbocycles. The van der Waals surface area contributed by atoms with E-state index >= 15 is 0 Å². The molecule has 2 heterocycles. The van der Waals surface area contributed by atoms with Gasteiger partial charge in [0, 0.05) is 24.2 Å². The molecule has 1 aliphatic heterocycles. The van der Waals surface area contributed by atoms with Gasteiger partial charge in [-0.1, -0.05) is 12.1 Å². The normalized spacial score (nSPS) is 18.7. The van der Waals surface area contributed by atoms with Crippen molar-refractivity contribution in [1.82, 2.24) is 14.7 Å². The van der Waals surface area contributed by atoms with Crippen molar-refractivity contribution in [3.05, 3.63) is 46.8 Å². The lowest BCUT2D eigenvalue weighted by Gasteiger charge is -2.16. The number of likely N-dealkylation sites (tertiary alicyclic amines) is 1. The fraction of sp³-hybridized carbons (Fsp3) is 0.500. The van der Waals surface area contributed by atoms with Gasteiger partial charge in [0.2, 0.25) is 5.91 Å². The number of halogens is 5. The van der Waals surface area contributed by atoms with Crippen LogP contribution in [0.4, 0.5) is 22.0 Å². The number of carbonyl (C=O) groups is 1. The van der Waals surface area contributed by atoms with E-state index in [4.69, 9.17) is 0 Å². The molecule has 0 unspecified atom stereocenters. The fourth-order valence-corrected chi connectivity index (χ4v) is 4.03. The first-order valence-electron chi connectivity index (χ1n) is 9.57. The van der Waals surface area contributed by atoms with Crippen LogP contribution in [0.1, 0.15) is 41.8 Å². The van der Waals surface area contributed by atoms with Crippen molar-refractivity contribution in [2.24, 2.45) is 0 Å². The van der Waals surface area contributed by atoms with Gasteiger partial charge < -0.3 is 4.90 Å². The van der Waals surface area contributed by atoms with Crippen molar-refractivity contribution >= 4 is 5.91 Å². The van der Waals surface area contributed by atoms with Crippen molar-refractivity contribution in [1.29, 1.82) is 0 Å². The van der Waals surface area contributed by atoms with Crippen LogP contribution < -0.4 is 0 Å². The molecule has 2 aliphatic rings. The average molecular weight is 413 g/mol. The van der Waals surface area contributed by atoms with Gasteiger partial charge in [-0.05, 0) is 43.4 Å². The number of benzene rings is 1. The first-order valence-corrected chi connectivity index (χ1v) is 9.57. The van der Waals surface area contributed by atoms with Crippen molar-refractivity contribution in [3.63, 3.8) is 0 Å². The molecule has 1 aromatic heterocycles. The largest absolute Gasteiger partial charge is 0.435 e. The molecule has 0 atom stereocenters. The van der Waals surface area contributed by atoms with Crippen LogP contribution in [-0.2, 0) is 30.2 Å². The van der Waals surface area contributed by atoms with Crippen molar-refractivity contribution in [2.45, 2.75) is 50.6 Å². The summed E-state index contributed by atoms with van der Waals surface area (Å²) >= 11 is 0. The van der Waals surface area contributed by atoms with Gasteiger partial charge in [-0.3, -0.25) is 4.79 Å². The number of hydrogen-bond donors (Lipinski definition) is 0. The zero-order chi connectivity index (χ0) is 20.8. The molecule has 1 amide bonds. The Morgan fingerprint density at radius 3 is 2.41 bits per heavy atom. The molecule has 0 saturated carbocycles. The second-order valence-electron chi connectivity index (χ2n) is 7.65. The van der Waals surface area contributed by atoms with Gasteiger partial charge in [-0.15, -0.1) is 0 Å². The quantitative estimate of drug-likeness (QED) is 0.708. The van der Waals surface area contributed by atoms with Crippen LogP contribution in [0.15, 0.2) is 24.3 Å². The lowest BCUT2D eigenvalue weighted by Crippen LogP contribution is -2.32. The van der Waals surface area contributed by atoms with E-state index in [1.165, 1.54) is 4.68 Å². The Bertz CT molecular complexity index is 917. The molecule has 9 heteroatoms. The highest BCUT2D eigenvalue weighted by atomic mass is 19.4. The highest BCUT2D eigenvalue weighted by molar-refractivity contribution is 5.79. The summed E-state index contributed by atoms with van der Waals surface area (Å²) < 4.78 is 67.9. The summed E-state index contributed by atoms with van der Waals surface area (Å²) in [4.78, 5) is 13.4. The number of carbonyl (C=O) groups excluding carboxylic acids is 1. The van der Waals surface area contributed by atoms with E-state index in [2.05, 4.69) is 5.10 Å². The third-order valence-corrected chi connectivity index (χ3v) is 5.51. The van der Waals surface area contributed by atoms with Gasteiger partial charge in [0.1, 0.15) is 0 Å². The van der Waals surface area contributed by atoms with Gasteiger partial charge >= 0.3 is 6.18 Å². The summed E-state index contributed by atoms with van der Waals surface area (Å²) in [5, 5.41) is 3.84. The zero-order valence-electron chi connectivity index (χ0n) is 15.6. The molecule has 29 heavy (non-hydrogen) atoms. The second kappa shape index (κ2) is 7.11. The minimum Gasteiger partial charge on any atom is -0.336 e. The first kappa shape index (κ1) is 19.8. The van der Waals surface area contributed by atoms with Gasteiger partial charge in [-0.2, -0.15) is 18.3 Å². The molecular formula is C20H20F5N3O.